The second-order valence-corrected chi connectivity index (χ2v) is 7.83. The van der Waals surface area contributed by atoms with Gasteiger partial charge in [0, 0.05) is 17.3 Å². The van der Waals surface area contributed by atoms with E-state index in [4.69, 9.17) is 11.6 Å². The van der Waals surface area contributed by atoms with Crippen LogP contribution in [0.3, 0.4) is 0 Å². The second kappa shape index (κ2) is 9.98. The van der Waals surface area contributed by atoms with Crippen LogP contribution in [0.4, 0.5) is 24.5 Å². The Bertz CT molecular complexity index is 1420. The van der Waals surface area contributed by atoms with Gasteiger partial charge in [-0.25, -0.2) is 0 Å². The summed E-state index contributed by atoms with van der Waals surface area (Å²) in [6, 6.07) is 13.2. The summed E-state index contributed by atoms with van der Waals surface area (Å²) in [5.41, 5.74) is 1.33. The Kier molecular flexibility index (Phi) is 6.83. The van der Waals surface area contributed by atoms with Gasteiger partial charge < -0.3 is 10.6 Å². The molecule has 0 bridgehead atoms. The van der Waals surface area contributed by atoms with E-state index in [1.54, 1.807) is 24.4 Å². The summed E-state index contributed by atoms with van der Waals surface area (Å²) < 4.78 is 38.7. The molecule has 11 heteroatoms. The number of amides is 2. The van der Waals surface area contributed by atoms with Gasteiger partial charge in [0.25, 0.3) is 0 Å². The van der Waals surface area contributed by atoms with Gasteiger partial charge in [-0.3, -0.25) is 19.7 Å². The first kappa shape index (κ1) is 24.0. The van der Waals surface area contributed by atoms with Crippen LogP contribution in [0.15, 0.2) is 60.8 Å². The lowest BCUT2D eigenvalue weighted by molar-refractivity contribution is -0.137. The molecule has 0 saturated carbocycles. The lowest BCUT2D eigenvalue weighted by atomic mass is 10.1. The molecule has 2 aromatic carbocycles. The number of hydrogen-bond acceptors (Lipinski definition) is 4. The van der Waals surface area contributed by atoms with E-state index >= 15 is 0 Å². The molecule has 0 fully saturated rings. The number of hydrogen-bond donors (Lipinski definition) is 3. The minimum atomic E-state index is -4.60. The number of aromatic amines is 1. The summed E-state index contributed by atoms with van der Waals surface area (Å²) in [6.45, 7) is 0. The smallest absolute Gasteiger partial charge is 0.326 e. The summed E-state index contributed by atoms with van der Waals surface area (Å²) in [5.74, 6) is -1.46. The Morgan fingerprint density at radius 2 is 1.80 bits per heavy atom. The van der Waals surface area contributed by atoms with Crippen molar-refractivity contribution in [2.24, 2.45) is 0 Å². The van der Waals surface area contributed by atoms with Crippen LogP contribution in [0.5, 0.6) is 0 Å². The normalized spacial score (nSPS) is 11.7. The monoisotopic (exact) mass is 499 g/mol. The van der Waals surface area contributed by atoms with E-state index in [1.807, 2.05) is 30.4 Å². The minimum Gasteiger partial charge on any atom is -0.326 e. The van der Waals surface area contributed by atoms with Crippen molar-refractivity contribution in [2.45, 2.75) is 12.6 Å². The molecule has 2 heterocycles. The Hall–Kier alpha value is -4.18. The van der Waals surface area contributed by atoms with E-state index in [0.717, 1.165) is 23.2 Å². The molecule has 3 N–H and O–H groups in total. The quantitative estimate of drug-likeness (QED) is 0.293. The number of carbonyl (C=O) groups excluding carboxylic acids is 2. The van der Waals surface area contributed by atoms with Crippen LogP contribution >= 0.6 is 11.6 Å². The van der Waals surface area contributed by atoms with Crippen LogP contribution < -0.4 is 10.6 Å². The van der Waals surface area contributed by atoms with Crippen molar-refractivity contribution in [3.8, 4) is 0 Å². The van der Waals surface area contributed by atoms with Gasteiger partial charge >= 0.3 is 6.18 Å². The number of halogens is 4. The van der Waals surface area contributed by atoms with Crippen LogP contribution in [0, 0.1) is 0 Å². The van der Waals surface area contributed by atoms with Crippen molar-refractivity contribution in [3.63, 3.8) is 0 Å². The maximum absolute atomic E-state index is 12.9. The Labute approximate surface area is 202 Å². The fraction of sp³-hybridized carbons (Fsp3) is 0.0833. The summed E-state index contributed by atoms with van der Waals surface area (Å²) in [4.78, 5) is 28.7. The molecule has 35 heavy (non-hydrogen) atoms. The maximum atomic E-state index is 12.9. The van der Waals surface area contributed by atoms with E-state index < -0.39 is 30.0 Å². The lowest BCUT2D eigenvalue weighted by Gasteiger charge is -2.12. The number of benzene rings is 2. The fourth-order valence-corrected chi connectivity index (χ4v) is 3.39. The molecule has 2 aromatic heterocycles. The molecule has 4 aromatic rings. The number of rotatable bonds is 6. The zero-order chi connectivity index (χ0) is 25.0. The SMILES string of the molecule is O=C(CC(=O)Nc1cc(C(F)(F)F)ccc1Cl)Nc1ccc2c(C=Cc3ccccn3)n[nH]c2c1. The molecule has 0 unspecified atom stereocenters. The highest BCUT2D eigenvalue weighted by atomic mass is 35.5. The van der Waals surface area contributed by atoms with Gasteiger partial charge in [0.2, 0.25) is 11.8 Å². The third-order valence-corrected chi connectivity index (χ3v) is 5.19. The molecular formula is C24H17ClF3N5O2. The Morgan fingerprint density at radius 1 is 1.00 bits per heavy atom. The Morgan fingerprint density at radius 3 is 2.54 bits per heavy atom. The topological polar surface area (TPSA) is 99.8 Å². The highest BCUT2D eigenvalue weighted by molar-refractivity contribution is 6.33. The standard InChI is InChI=1S/C24H17ClF3N5O2/c25-18-8-4-14(24(26,27)28)11-21(18)31-23(35)13-22(34)30-16-5-7-17-19(32-33-20(17)12-16)9-6-15-3-1-2-10-29-15/h1-12H,13H2,(H,30,34)(H,31,35)(H,32,33). The molecule has 4 rings (SSSR count). The predicted octanol–water partition coefficient (Wildman–Crippen LogP) is 5.77. The van der Waals surface area contributed by atoms with Crippen LogP contribution in [-0.2, 0) is 15.8 Å². The molecular weight excluding hydrogens is 483 g/mol. The van der Waals surface area contributed by atoms with Crippen LogP contribution in [0.2, 0.25) is 5.02 Å². The number of pyridine rings is 1. The van der Waals surface area contributed by atoms with Crippen molar-refractivity contribution in [1.82, 2.24) is 15.2 Å². The molecule has 0 aliphatic heterocycles. The van der Waals surface area contributed by atoms with Crippen molar-refractivity contribution in [3.05, 3.63) is 82.8 Å². The lowest BCUT2D eigenvalue weighted by Crippen LogP contribution is -2.21. The highest BCUT2D eigenvalue weighted by Gasteiger charge is 2.31. The van der Waals surface area contributed by atoms with Gasteiger partial charge in [0.15, 0.2) is 0 Å². The zero-order valence-electron chi connectivity index (χ0n) is 17.9. The van der Waals surface area contributed by atoms with E-state index in [2.05, 4.69) is 25.8 Å². The number of anilines is 2. The molecule has 0 radical (unpaired) electrons. The van der Waals surface area contributed by atoms with Crippen molar-refractivity contribution >= 4 is 57.8 Å². The average molecular weight is 500 g/mol. The van der Waals surface area contributed by atoms with Crippen molar-refractivity contribution < 1.29 is 22.8 Å². The zero-order valence-corrected chi connectivity index (χ0v) is 18.6. The van der Waals surface area contributed by atoms with Gasteiger partial charge in [-0.05, 0) is 60.7 Å². The Balaban J connectivity index is 1.39. The van der Waals surface area contributed by atoms with Crippen LogP contribution in [-0.4, -0.2) is 27.0 Å². The van der Waals surface area contributed by atoms with Gasteiger partial charge in [-0.1, -0.05) is 17.7 Å². The van der Waals surface area contributed by atoms with E-state index in [1.165, 1.54) is 0 Å². The number of fused-ring (bicyclic) bond motifs is 1. The summed E-state index contributed by atoms with van der Waals surface area (Å²) in [6.07, 6.45) is 0.0987. The molecule has 0 saturated heterocycles. The first-order valence-electron chi connectivity index (χ1n) is 10.2. The second-order valence-electron chi connectivity index (χ2n) is 7.42. The number of H-pyrrole nitrogens is 1. The fourth-order valence-electron chi connectivity index (χ4n) is 3.23. The molecule has 0 aliphatic carbocycles. The molecule has 0 aliphatic rings. The van der Waals surface area contributed by atoms with Crippen LogP contribution in [0.1, 0.15) is 23.4 Å². The van der Waals surface area contributed by atoms with Crippen molar-refractivity contribution in [2.75, 3.05) is 10.6 Å². The predicted molar refractivity (Wildman–Crippen MR) is 128 cm³/mol. The summed E-state index contributed by atoms with van der Waals surface area (Å²) in [7, 11) is 0. The third kappa shape index (κ3) is 6.04. The summed E-state index contributed by atoms with van der Waals surface area (Å²) >= 11 is 5.87. The molecule has 0 atom stereocenters. The molecule has 0 spiro atoms. The van der Waals surface area contributed by atoms with E-state index in [9.17, 15) is 22.8 Å². The number of carbonyl (C=O) groups is 2. The number of nitrogens with one attached hydrogen (secondary N) is 3. The first-order valence-corrected chi connectivity index (χ1v) is 10.6. The average Bonchev–Trinajstić information content (AvgIpc) is 3.21. The largest absolute Gasteiger partial charge is 0.416 e. The van der Waals surface area contributed by atoms with Crippen LogP contribution in [0.25, 0.3) is 23.1 Å². The van der Waals surface area contributed by atoms with E-state index in [-0.39, 0.29) is 10.7 Å². The summed E-state index contributed by atoms with van der Waals surface area (Å²) in [5, 5.41) is 12.7. The maximum Gasteiger partial charge on any atom is 0.416 e. The number of aromatic nitrogens is 3. The molecule has 2 amide bonds. The van der Waals surface area contributed by atoms with Gasteiger partial charge in [-0.2, -0.15) is 18.3 Å². The van der Waals surface area contributed by atoms with Crippen molar-refractivity contribution in [1.29, 1.82) is 0 Å². The number of nitrogens with zero attached hydrogens (tertiary/aromatic N) is 2. The van der Waals surface area contributed by atoms with Gasteiger partial charge in [0.1, 0.15) is 6.42 Å². The minimum absolute atomic E-state index is 0.0793. The van der Waals surface area contributed by atoms with E-state index in [0.29, 0.717) is 23.0 Å². The highest BCUT2D eigenvalue weighted by Crippen LogP contribution is 2.33. The number of alkyl halides is 3. The molecule has 178 valence electrons. The molecule has 7 nitrogen and oxygen atoms in total. The van der Waals surface area contributed by atoms with Gasteiger partial charge in [-0.15, -0.1) is 0 Å². The third-order valence-electron chi connectivity index (χ3n) is 4.86. The van der Waals surface area contributed by atoms with Gasteiger partial charge in [0.05, 0.1) is 33.2 Å². The first-order chi connectivity index (χ1) is 16.7.